The predicted octanol–water partition coefficient (Wildman–Crippen LogP) is 2.89. The summed E-state index contributed by atoms with van der Waals surface area (Å²) >= 11 is 6.03. The van der Waals surface area contributed by atoms with Gasteiger partial charge in [0.1, 0.15) is 5.75 Å². The Hall–Kier alpha value is -1.58. The molecule has 4 heteroatoms. The van der Waals surface area contributed by atoms with Crippen LogP contribution in [0.3, 0.4) is 0 Å². The lowest BCUT2D eigenvalue weighted by Crippen LogP contribution is -2.14. The van der Waals surface area contributed by atoms with E-state index in [0.717, 1.165) is 16.9 Å². The number of hydrogen-bond acceptors (Lipinski definition) is 3. The number of rotatable bonds is 5. The van der Waals surface area contributed by atoms with Gasteiger partial charge in [-0.15, -0.1) is 0 Å². The molecule has 0 fully saturated rings. The van der Waals surface area contributed by atoms with Gasteiger partial charge in [-0.3, -0.25) is 4.98 Å². The zero-order valence-corrected chi connectivity index (χ0v) is 11.5. The molecule has 1 heterocycles. The quantitative estimate of drug-likeness (QED) is 0.914. The molecular weight excluding hydrogens is 262 g/mol. The molecule has 0 saturated heterocycles. The summed E-state index contributed by atoms with van der Waals surface area (Å²) in [5, 5.41) is 10.7. The number of hydrogen-bond donors (Lipinski definition) is 1. The number of pyridine rings is 1. The molecule has 1 N–H and O–H groups in total. The lowest BCUT2D eigenvalue weighted by molar-refractivity contribution is 0.175. The van der Waals surface area contributed by atoms with E-state index >= 15 is 0 Å². The van der Waals surface area contributed by atoms with E-state index in [1.54, 1.807) is 19.5 Å². The smallest absolute Gasteiger partial charge is 0.119 e. The fraction of sp³-hybridized carbons (Fsp3) is 0.267. The summed E-state index contributed by atoms with van der Waals surface area (Å²) in [5.41, 5.74) is 1.95. The first-order valence-electron chi connectivity index (χ1n) is 6.08. The maximum Gasteiger partial charge on any atom is 0.119 e. The van der Waals surface area contributed by atoms with Crippen molar-refractivity contribution in [1.82, 2.24) is 4.98 Å². The van der Waals surface area contributed by atoms with Gasteiger partial charge in [0.15, 0.2) is 0 Å². The number of methoxy groups -OCH3 is 1. The average molecular weight is 278 g/mol. The first-order chi connectivity index (χ1) is 9.19. The molecule has 0 aliphatic rings. The summed E-state index contributed by atoms with van der Waals surface area (Å²) in [7, 11) is 1.63. The third kappa shape index (κ3) is 3.94. The Morgan fingerprint density at radius 2 is 2.16 bits per heavy atom. The Morgan fingerprint density at radius 1 is 1.32 bits per heavy atom. The molecule has 19 heavy (non-hydrogen) atoms. The molecule has 0 aliphatic carbocycles. The zero-order chi connectivity index (χ0) is 13.7. The van der Waals surface area contributed by atoms with Gasteiger partial charge in [0.25, 0.3) is 0 Å². The van der Waals surface area contributed by atoms with Gasteiger partial charge in [-0.1, -0.05) is 23.7 Å². The summed E-state index contributed by atoms with van der Waals surface area (Å²) in [6.45, 7) is 0. The van der Waals surface area contributed by atoms with Crippen molar-refractivity contribution in [2.45, 2.75) is 18.9 Å². The highest BCUT2D eigenvalue weighted by Gasteiger charge is 2.10. The third-order valence-electron chi connectivity index (χ3n) is 2.92. The summed E-state index contributed by atoms with van der Waals surface area (Å²) in [6, 6.07) is 9.53. The lowest BCUT2D eigenvalue weighted by Gasteiger charge is -2.12. The van der Waals surface area contributed by atoms with Crippen LogP contribution in [0.15, 0.2) is 42.7 Å². The summed E-state index contributed by atoms with van der Waals surface area (Å²) in [4.78, 5) is 3.93. The van der Waals surface area contributed by atoms with E-state index in [0.29, 0.717) is 17.9 Å². The molecule has 0 saturated carbocycles. The summed E-state index contributed by atoms with van der Waals surface area (Å²) in [5.74, 6) is 0.798. The molecule has 0 spiro atoms. The maximum atomic E-state index is 10.1. The Balaban J connectivity index is 2.01. The number of ether oxygens (including phenoxy) is 1. The molecule has 1 aromatic carbocycles. The van der Waals surface area contributed by atoms with Crippen LogP contribution < -0.4 is 4.74 Å². The monoisotopic (exact) mass is 277 g/mol. The van der Waals surface area contributed by atoms with Gasteiger partial charge in [0.2, 0.25) is 0 Å². The van der Waals surface area contributed by atoms with Gasteiger partial charge in [-0.05, 0) is 35.7 Å². The first kappa shape index (κ1) is 13.8. The first-order valence-corrected chi connectivity index (χ1v) is 6.46. The average Bonchev–Trinajstić information content (AvgIpc) is 2.41. The van der Waals surface area contributed by atoms with Crippen molar-refractivity contribution in [2.24, 2.45) is 0 Å². The number of aromatic nitrogens is 1. The molecular formula is C15H16ClNO2. The highest BCUT2D eigenvalue weighted by Crippen LogP contribution is 2.18. The maximum absolute atomic E-state index is 10.1. The molecule has 0 radical (unpaired) electrons. The van der Waals surface area contributed by atoms with Crippen LogP contribution >= 0.6 is 11.6 Å². The third-order valence-corrected chi connectivity index (χ3v) is 3.26. The SMILES string of the molecule is COc1cccc(CC(O)Cc2ccncc2Cl)c1. The van der Waals surface area contributed by atoms with E-state index in [2.05, 4.69) is 4.98 Å². The Labute approximate surface area is 117 Å². The van der Waals surface area contributed by atoms with E-state index in [9.17, 15) is 5.11 Å². The van der Waals surface area contributed by atoms with Gasteiger partial charge in [-0.25, -0.2) is 0 Å². The van der Waals surface area contributed by atoms with Crippen molar-refractivity contribution in [3.05, 3.63) is 58.9 Å². The molecule has 0 aliphatic heterocycles. The van der Waals surface area contributed by atoms with Crippen molar-refractivity contribution >= 4 is 11.6 Å². The van der Waals surface area contributed by atoms with Crippen molar-refractivity contribution in [3.8, 4) is 5.75 Å². The van der Waals surface area contributed by atoms with Crippen LogP contribution in [0.2, 0.25) is 5.02 Å². The molecule has 1 unspecified atom stereocenters. The molecule has 0 amide bonds. The molecule has 2 rings (SSSR count). The standard InChI is InChI=1S/C15H16ClNO2/c1-19-14-4-2-3-11(8-14)7-13(18)9-12-5-6-17-10-15(12)16/h2-6,8,10,13,18H,7,9H2,1H3. The zero-order valence-electron chi connectivity index (χ0n) is 10.7. The van der Waals surface area contributed by atoms with Gasteiger partial charge >= 0.3 is 0 Å². The minimum atomic E-state index is -0.480. The van der Waals surface area contributed by atoms with Crippen LogP contribution in [0.1, 0.15) is 11.1 Å². The van der Waals surface area contributed by atoms with Gasteiger partial charge < -0.3 is 9.84 Å². The highest BCUT2D eigenvalue weighted by molar-refractivity contribution is 6.31. The minimum Gasteiger partial charge on any atom is -0.497 e. The fourth-order valence-corrected chi connectivity index (χ4v) is 2.16. The van der Waals surface area contributed by atoms with Gasteiger partial charge in [0.05, 0.1) is 18.2 Å². The molecule has 1 atom stereocenters. The van der Waals surface area contributed by atoms with Crippen LogP contribution in [0.5, 0.6) is 5.75 Å². The van der Waals surface area contributed by atoms with Crippen LogP contribution in [0.4, 0.5) is 0 Å². The topological polar surface area (TPSA) is 42.4 Å². The fourth-order valence-electron chi connectivity index (χ4n) is 1.97. The lowest BCUT2D eigenvalue weighted by atomic mass is 10.0. The number of aliphatic hydroxyl groups is 1. The van der Waals surface area contributed by atoms with Crippen molar-refractivity contribution < 1.29 is 9.84 Å². The number of halogens is 1. The highest BCUT2D eigenvalue weighted by atomic mass is 35.5. The van der Waals surface area contributed by atoms with E-state index in [1.165, 1.54) is 0 Å². The molecule has 100 valence electrons. The van der Waals surface area contributed by atoms with E-state index in [-0.39, 0.29) is 0 Å². The second kappa shape index (κ2) is 6.55. The minimum absolute atomic E-state index is 0.480. The van der Waals surface area contributed by atoms with E-state index < -0.39 is 6.10 Å². The second-order valence-corrected chi connectivity index (χ2v) is 4.79. The van der Waals surface area contributed by atoms with Crippen LogP contribution in [0.25, 0.3) is 0 Å². The molecule has 2 aromatic rings. The predicted molar refractivity (Wildman–Crippen MR) is 75.7 cm³/mol. The van der Waals surface area contributed by atoms with E-state index in [4.69, 9.17) is 16.3 Å². The van der Waals surface area contributed by atoms with Crippen LogP contribution in [-0.4, -0.2) is 23.3 Å². The van der Waals surface area contributed by atoms with Gasteiger partial charge in [-0.2, -0.15) is 0 Å². The molecule has 0 bridgehead atoms. The number of nitrogens with zero attached hydrogens (tertiary/aromatic N) is 1. The summed E-state index contributed by atoms with van der Waals surface area (Å²) < 4.78 is 5.16. The Kier molecular flexibility index (Phi) is 4.77. The van der Waals surface area contributed by atoms with Crippen molar-refractivity contribution in [2.75, 3.05) is 7.11 Å². The Morgan fingerprint density at radius 3 is 2.89 bits per heavy atom. The van der Waals surface area contributed by atoms with Gasteiger partial charge in [0, 0.05) is 18.8 Å². The second-order valence-electron chi connectivity index (χ2n) is 4.38. The normalized spacial score (nSPS) is 12.2. The Bertz CT molecular complexity index is 545. The number of aliphatic hydroxyl groups excluding tert-OH is 1. The van der Waals surface area contributed by atoms with Crippen LogP contribution in [-0.2, 0) is 12.8 Å². The summed E-state index contributed by atoms with van der Waals surface area (Å²) in [6.07, 6.45) is 3.87. The van der Waals surface area contributed by atoms with Crippen molar-refractivity contribution in [3.63, 3.8) is 0 Å². The van der Waals surface area contributed by atoms with Crippen LogP contribution in [0, 0.1) is 0 Å². The number of benzene rings is 1. The van der Waals surface area contributed by atoms with E-state index in [1.807, 2.05) is 30.3 Å². The van der Waals surface area contributed by atoms with Crippen molar-refractivity contribution in [1.29, 1.82) is 0 Å². The molecule has 1 aromatic heterocycles. The largest absolute Gasteiger partial charge is 0.497 e. The molecule has 3 nitrogen and oxygen atoms in total.